The number of alkyl halides is 3. The summed E-state index contributed by atoms with van der Waals surface area (Å²) in [4.78, 5) is 7.10. The van der Waals surface area contributed by atoms with Crippen molar-refractivity contribution in [3.8, 4) is 11.6 Å². The Bertz CT molecular complexity index is 934. The smallest absolute Gasteiger partial charge is 0.435 e. The van der Waals surface area contributed by atoms with Crippen LogP contribution in [0.25, 0.3) is 22.7 Å². The summed E-state index contributed by atoms with van der Waals surface area (Å²) in [6.45, 7) is 0. The summed E-state index contributed by atoms with van der Waals surface area (Å²) in [6.07, 6.45) is 1.50. The van der Waals surface area contributed by atoms with E-state index in [1.54, 1.807) is 18.2 Å². The third kappa shape index (κ3) is 2.33. The number of fused-ring (bicyclic) bond motifs is 1. The Balaban J connectivity index is 2.13. The lowest BCUT2D eigenvalue weighted by atomic mass is 10.3. The molecule has 0 saturated carbocycles. The predicted octanol–water partition coefficient (Wildman–Crippen LogP) is 3.18. The van der Waals surface area contributed by atoms with Gasteiger partial charge in [-0.2, -0.15) is 13.2 Å². The van der Waals surface area contributed by atoms with Crippen LogP contribution in [0.15, 0.2) is 51.9 Å². The maximum atomic E-state index is 12.5. The first-order chi connectivity index (χ1) is 10.3. The minimum absolute atomic E-state index is 0.00554. The Kier molecular flexibility index (Phi) is 3.17. The van der Waals surface area contributed by atoms with E-state index in [0.29, 0.717) is 5.69 Å². The number of hydrogen-bond donors (Lipinski definition) is 0. The molecule has 3 aromatic rings. The average Bonchev–Trinajstić information content (AvgIpc) is 2.90. The molecule has 0 saturated heterocycles. The SMILES string of the molecule is O=S(=O)(c1ccc2oc(-c3ccccn3)nc2c1)C(F)(F)F. The van der Waals surface area contributed by atoms with Gasteiger partial charge in [0.1, 0.15) is 11.2 Å². The molecule has 0 fully saturated rings. The topological polar surface area (TPSA) is 73.1 Å². The molecule has 0 unspecified atom stereocenters. The second-order valence-electron chi connectivity index (χ2n) is 4.31. The Morgan fingerprint density at radius 1 is 1.09 bits per heavy atom. The van der Waals surface area contributed by atoms with Crippen molar-refractivity contribution in [1.82, 2.24) is 9.97 Å². The van der Waals surface area contributed by atoms with Crippen LogP contribution in [0.5, 0.6) is 0 Å². The Hall–Kier alpha value is -2.42. The van der Waals surface area contributed by atoms with Crippen LogP contribution < -0.4 is 0 Å². The molecule has 3 rings (SSSR count). The minimum Gasteiger partial charge on any atom is -0.435 e. The Labute approximate surface area is 122 Å². The zero-order valence-corrected chi connectivity index (χ0v) is 11.5. The van der Waals surface area contributed by atoms with Gasteiger partial charge in [-0.05, 0) is 30.3 Å². The van der Waals surface area contributed by atoms with Gasteiger partial charge >= 0.3 is 5.51 Å². The highest BCUT2D eigenvalue weighted by Crippen LogP contribution is 2.32. The lowest BCUT2D eigenvalue weighted by Gasteiger charge is -2.07. The van der Waals surface area contributed by atoms with Gasteiger partial charge in [-0.3, -0.25) is 4.98 Å². The summed E-state index contributed by atoms with van der Waals surface area (Å²) in [5, 5.41) is 0. The van der Waals surface area contributed by atoms with E-state index in [4.69, 9.17) is 4.42 Å². The number of aromatic nitrogens is 2. The van der Waals surface area contributed by atoms with Crippen LogP contribution in [0.4, 0.5) is 13.2 Å². The summed E-state index contributed by atoms with van der Waals surface area (Å²) >= 11 is 0. The molecular formula is C13H7F3N2O3S. The number of hydrogen-bond acceptors (Lipinski definition) is 5. The molecule has 5 nitrogen and oxygen atoms in total. The Morgan fingerprint density at radius 2 is 1.86 bits per heavy atom. The molecule has 0 bridgehead atoms. The molecule has 2 aromatic heterocycles. The molecule has 0 aliphatic rings. The number of halogens is 3. The van der Waals surface area contributed by atoms with Crippen molar-refractivity contribution >= 4 is 20.9 Å². The van der Waals surface area contributed by atoms with E-state index < -0.39 is 20.2 Å². The third-order valence-corrected chi connectivity index (χ3v) is 4.34. The highest BCUT2D eigenvalue weighted by molar-refractivity contribution is 7.92. The van der Waals surface area contributed by atoms with Crippen molar-refractivity contribution in [3.63, 3.8) is 0 Å². The van der Waals surface area contributed by atoms with Crippen LogP contribution >= 0.6 is 0 Å². The highest BCUT2D eigenvalue weighted by atomic mass is 32.2. The van der Waals surface area contributed by atoms with Crippen LogP contribution in [0.3, 0.4) is 0 Å². The number of oxazole rings is 1. The number of rotatable bonds is 2. The molecule has 22 heavy (non-hydrogen) atoms. The van der Waals surface area contributed by atoms with Gasteiger partial charge in [-0.1, -0.05) is 6.07 Å². The predicted molar refractivity (Wildman–Crippen MR) is 70.5 cm³/mol. The summed E-state index contributed by atoms with van der Waals surface area (Å²) in [7, 11) is -5.42. The van der Waals surface area contributed by atoms with Crippen molar-refractivity contribution in [2.75, 3.05) is 0 Å². The standard InChI is InChI=1S/C13H7F3N2O3S/c14-13(15,16)22(19,20)8-4-5-11-10(7-8)18-12(21-11)9-3-1-2-6-17-9/h1-7H. The number of nitrogens with zero attached hydrogens (tertiary/aromatic N) is 2. The maximum Gasteiger partial charge on any atom is 0.501 e. The van der Waals surface area contributed by atoms with E-state index in [-0.39, 0.29) is 17.0 Å². The largest absolute Gasteiger partial charge is 0.501 e. The summed E-state index contributed by atoms with van der Waals surface area (Å²) in [5.41, 5.74) is -4.81. The molecule has 114 valence electrons. The fourth-order valence-electron chi connectivity index (χ4n) is 1.81. The van der Waals surface area contributed by atoms with Crippen molar-refractivity contribution in [3.05, 3.63) is 42.6 Å². The number of sulfone groups is 1. The van der Waals surface area contributed by atoms with Crippen LogP contribution in [0, 0.1) is 0 Å². The van der Waals surface area contributed by atoms with E-state index in [1.807, 2.05) is 0 Å². The summed E-state index contributed by atoms with van der Waals surface area (Å²) in [6, 6.07) is 7.77. The zero-order valence-electron chi connectivity index (χ0n) is 10.7. The quantitative estimate of drug-likeness (QED) is 0.722. The van der Waals surface area contributed by atoms with E-state index in [1.165, 1.54) is 6.20 Å². The van der Waals surface area contributed by atoms with Crippen LogP contribution in [-0.4, -0.2) is 23.9 Å². The first kappa shape index (κ1) is 14.5. The molecule has 0 amide bonds. The van der Waals surface area contributed by atoms with Gasteiger partial charge < -0.3 is 4.42 Å². The molecule has 9 heteroatoms. The number of pyridine rings is 1. The third-order valence-electron chi connectivity index (χ3n) is 2.86. The first-order valence-corrected chi connectivity index (χ1v) is 7.41. The monoisotopic (exact) mass is 328 g/mol. The normalized spacial score (nSPS) is 12.7. The van der Waals surface area contributed by atoms with Crippen molar-refractivity contribution < 1.29 is 26.0 Å². The van der Waals surface area contributed by atoms with Crippen molar-refractivity contribution in [2.24, 2.45) is 0 Å². The van der Waals surface area contributed by atoms with E-state index >= 15 is 0 Å². The fourth-order valence-corrected chi connectivity index (χ4v) is 2.59. The van der Waals surface area contributed by atoms with Gasteiger partial charge in [-0.15, -0.1) is 0 Å². The molecule has 1 aromatic carbocycles. The van der Waals surface area contributed by atoms with E-state index in [9.17, 15) is 21.6 Å². The van der Waals surface area contributed by atoms with E-state index in [0.717, 1.165) is 18.2 Å². The molecule has 0 aliphatic heterocycles. The zero-order chi connectivity index (χ0) is 16.0. The van der Waals surface area contributed by atoms with Gasteiger partial charge in [0.2, 0.25) is 5.89 Å². The highest BCUT2D eigenvalue weighted by Gasteiger charge is 2.47. The molecule has 0 aliphatic carbocycles. The van der Waals surface area contributed by atoms with E-state index in [2.05, 4.69) is 9.97 Å². The summed E-state index contributed by atoms with van der Waals surface area (Å²) < 4.78 is 65.8. The molecule has 0 radical (unpaired) electrons. The first-order valence-electron chi connectivity index (χ1n) is 5.92. The maximum absolute atomic E-state index is 12.5. The van der Waals surface area contributed by atoms with Gasteiger partial charge in [0.25, 0.3) is 9.84 Å². The molecule has 0 spiro atoms. The van der Waals surface area contributed by atoms with Gasteiger partial charge in [0, 0.05) is 6.20 Å². The average molecular weight is 328 g/mol. The molecular weight excluding hydrogens is 321 g/mol. The minimum atomic E-state index is -5.42. The van der Waals surface area contributed by atoms with Crippen LogP contribution in [0.1, 0.15) is 0 Å². The second kappa shape index (κ2) is 4.80. The lowest BCUT2D eigenvalue weighted by molar-refractivity contribution is -0.0435. The van der Waals surface area contributed by atoms with Gasteiger partial charge in [0.05, 0.1) is 4.90 Å². The van der Waals surface area contributed by atoms with Gasteiger partial charge in [-0.25, -0.2) is 13.4 Å². The van der Waals surface area contributed by atoms with Crippen molar-refractivity contribution in [2.45, 2.75) is 10.4 Å². The lowest BCUT2D eigenvalue weighted by Crippen LogP contribution is -2.23. The molecule has 2 heterocycles. The summed E-state index contributed by atoms with van der Waals surface area (Å²) in [5.74, 6) is 0.0946. The van der Waals surface area contributed by atoms with Crippen molar-refractivity contribution in [1.29, 1.82) is 0 Å². The van der Waals surface area contributed by atoms with Crippen LogP contribution in [-0.2, 0) is 9.84 Å². The second-order valence-corrected chi connectivity index (χ2v) is 6.25. The molecule has 0 atom stereocenters. The van der Waals surface area contributed by atoms with Crippen LogP contribution in [0.2, 0.25) is 0 Å². The van der Waals surface area contributed by atoms with Gasteiger partial charge in [0.15, 0.2) is 5.58 Å². The Morgan fingerprint density at radius 3 is 2.50 bits per heavy atom. The molecule has 0 N–H and O–H groups in total. The number of benzene rings is 1. The fraction of sp³-hybridized carbons (Fsp3) is 0.0769.